The van der Waals surface area contributed by atoms with Crippen molar-refractivity contribution in [3.8, 4) is 0 Å². The molecule has 8 heavy (non-hydrogen) atoms. The van der Waals surface area contributed by atoms with Crippen molar-refractivity contribution in [1.82, 2.24) is 0 Å². The van der Waals surface area contributed by atoms with Crippen LogP contribution in [0.4, 0.5) is 0 Å². The van der Waals surface area contributed by atoms with Crippen LogP contribution in [0.3, 0.4) is 0 Å². The van der Waals surface area contributed by atoms with Crippen molar-refractivity contribution in [3.63, 3.8) is 0 Å². The molecule has 48 valence electrons. The second kappa shape index (κ2) is 5.95. The summed E-state index contributed by atoms with van der Waals surface area (Å²) in [6.45, 7) is 9.20. The Morgan fingerprint density at radius 2 is 1.12 bits per heavy atom. The molecule has 0 saturated heterocycles. The largest absolute Gasteiger partial charge is 1.00 e. The second-order valence-corrected chi connectivity index (χ2v) is 5.73. The van der Waals surface area contributed by atoms with E-state index in [2.05, 4.69) is 27.7 Å². The third-order valence-corrected chi connectivity index (χ3v) is 2.31. The van der Waals surface area contributed by atoms with Crippen molar-refractivity contribution in [2.75, 3.05) is 0 Å². The molecule has 0 aliphatic heterocycles. The van der Waals surface area contributed by atoms with Crippen molar-refractivity contribution >= 4 is 15.2 Å². The Balaban J connectivity index is 0. The predicted octanol–water partition coefficient (Wildman–Crippen LogP) is -0.649. The molecule has 0 heterocycles. The monoisotopic (exact) mass is 148 g/mol. The molecule has 0 unspecified atom stereocenters. The Kier molecular flexibility index (Phi) is 8.63. The van der Waals surface area contributed by atoms with Gasteiger partial charge < -0.3 is 12.4 Å². The van der Waals surface area contributed by atoms with Gasteiger partial charge in [-0.2, -0.15) is 0 Å². The molecule has 0 amide bonds. The van der Waals surface area contributed by atoms with Gasteiger partial charge in [0.05, 0.1) is 0 Å². The van der Waals surface area contributed by atoms with Crippen LogP contribution >= 0.6 is 0 Å². The van der Waals surface area contributed by atoms with E-state index in [1.54, 1.807) is 0 Å². The summed E-state index contributed by atoms with van der Waals surface area (Å²) in [5.41, 5.74) is 0. The van der Waals surface area contributed by atoms with Gasteiger partial charge in [-0.3, -0.25) is 0 Å². The van der Waals surface area contributed by atoms with Crippen LogP contribution in [0.15, 0.2) is 0 Å². The summed E-state index contributed by atoms with van der Waals surface area (Å²) < 4.78 is 1.92. The van der Waals surface area contributed by atoms with Gasteiger partial charge in [-0.1, -0.05) is 0 Å². The molecule has 0 bridgehead atoms. The molecular weight excluding hydrogens is 135 g/mol. The zero-order valence-corrected chi connectivity index (χ0v) is 8.02. The number of hydrogen-bond donors (Lipinski definition) is 0. The van der Waals surface area contributed by atoms with Crippen molar-refractivity contribution in [1.29, 1.82) is 0 Å². The number of rotatable bonds is 2. The van der Waals surface area contributed by atoms with Gasteiger partial charge in [0.25, 0.3) is 0 Å². The third kappa shape index (κ3) is 9.95. The standard InChI is InChI=1S/2C3H7.Al.ClH/c2*1-3-2;;/h2*3H,1-2H3;;1H/q;;+1;/p-1. The molecule has 0 fully saturated rings. The Morgan fingerprint density at radius 1 is 0.875 bits per heavy atom. The van der Waals surface area contributed by atoms with Crippen molar-refractivity contribution < 1.29 is 12.4 Å². The van der Waals surface area contributed by atoms with Crippen LogP contribution in [0, 0.1) is 0 Å². The van der Waals surface area contributed by atoms with Crippen LogP contribution in [0.25, 0.3) is 0 Å². The molecule has 0 aromatic rings. The fraction of sp³-hybridized carbons (Fsp3) is 1.00. The van der Waals surface area contributed by atoms with Gasteiger partial charge in [0, 0.05) is 0 Å². The first-order chi connectivity index (χ1) is 3.13. The Morgan fingerprint density at radius 3 is 1.12 bits per heavy atom. The fourth-order valence-electron chi connectivity index (χ4n) is 0.770. The minimum Gasteiger partial charge on any atom is -1.00 e. The third-order valence-electron chi connectivity index (χ3n) is 0.770. The average molecular weight is 149 g/mol. The van der Waals surface area contributed by atoms with Crippen molar-refractivity contribution in [2.45, 2.75) is 37.3 Å². The molecule has 0 radical (unpaired) electrons. The van der Waals surface area contributed by atoms with Crippen LogP contribution in [0.2, 0.25) is 9.56 Å². The number of hydrogen-bond acceptors (Lipinski definition) is 0. The zero-order valence-electron chi connectivity index (χ0n) is 6.11. The summed E-state index contributed by atoms with van der Waals surface area (Å²) in [5, 5.41) is 0. The SMILES string of the molecule is C[CH](C)[Al+][CH](C)C.[Cl-]. The minimum atomic E-state index is 0. The molecule has 0 saturated carbocycles. The maximum absolute atomic E-state index is 2.30. The quantitative estimate of drug-likeness (QED) is 0.457. The average Bonchev–Trinajstić information content (AvgIpc) is 1.27. The van der Waals surface area contributed by atoms with E-state index in [9.17, 15) is 0 Å². The van der Waals surface area contributed by atoms with Gasteiger partial charge in [0.15, 0.2) is 0 Å². The minimum absolute atomic E-state index is 0. The Labute approximate surface area is 65.2 Å². The van der Waals surface area contributed by atoms with E-state index in [0.717, 1.165) is 9.56 Å². The molecule has 0 spiro atoms. The maximum Gasteiger partial charge on any atom is -1.00 e. The first kappa shape index (κ1) is 11.6. The predicted molar refractivity (Wildman–Crippen MR) is 35.9 cm³/mol. The van der Waals surface area contributed by atoms with Crippen LogP contribution in [0.5, 0.6) is 0 Å². The Hall–Kier alpha value is 0.822. The molecule has 0 aromatic heterocycles. The molecule has 0 rings (SSSR count). The summed E-state index contributed by atoms with van der Waals surface area (Å²) in [4.78, 5) is 0. The zero-order chi connectivity index (χ0) is 5.86. The molecule has 0 aliphatic rings. The first-order valence-corrected chi connectivity index (χ1v) is 4.31. The van der Waals surface area contributed by atoms with E-state index in [1.165, 1.54) is 0 Å². The smallest absolute Gasteiger partial charge is 1.00 e. The summed E-state index contributed by atoms with van der Waals surface area (Å²) in [7, 11) is 0. The molecular formula is C6H14AlCl. The second-order valence-electron chi connectivity index (χ2n) is 2.68. The van der Waals surface area contributed by atoms with Crippen LogP contribution in [-0.4, -0.2) is 15.2 Å². The first-order valence-electron chi connectivity index (χ1n) is 2.98. The summed E-state index contributed by atoms with van der Waals surface area (Å²) in [6.07, 6.45) is 0. The van der Waals surface area contributed by atoms with Gasteiger partial charge in [0.1, 0.15) is 0 Å². The van der Waals surface area contributed by atoms with E-state index in [-0.39, 0.29) is 12.4 Å². The summed E-state index contributed by atoms with van der Waals surface area (Å²) in [5.74, 6) is 0. The molecule has 0 aliphatic carbocycles. The molecule has 2 heteroatoms. The molecule has 0 N–H and O–H groups in total. The molecule has 0 aromatic carbocycles. The van der Waals surface area contributed by atoms with Crippen molar-refractivity contribution in [3.05, 3.63) is 0 Å². The maximum atomic E-state index is 2.30. The van der Waals surface area contributed by atoms with Crippen LogP contribution < -0.4 is 12.4 Å². The van der Waals surface area contributed by atoms with E-state index in [0.29, 0.717) is 15.2 Å². The van der Waals surface area contributed by atoms with E-state index in [1.807, 2.05) is 0 Å². The summed E-state index contributed by atoms with van der Waals surface area (Å²) >= 11 is 0.713. The van der Waals surface area contributed by atoms with Crippen molar-refractivity contribution in [2.24, 2.45) is 0 Å². The molecule has 0 atom stereocenters. The Bertz CT molecular complexity index is 37.8. The van der Waals surface area contributed by atoms with Crippen LogP contribution in [-0.2, 0) is 0 Å². The van der Waals surface area contributed by atoms with Gasteiger partial charge in [-0.25, -0.2) is 0 Å². The molecule has 0 nitrogen and oxygen atoms in total. The van der Waals surface area contributed by atoms with Gasteiger partial charge in [-0.15, -0.1) is 0 Å². The number of halogens is 1. The van der Waals surface area contributed by atoms with E-state index in [4.69, 9.17) is 0 Å². The van der Waals surface area contributed by atoms with E-state index < -0.39 is 0 Å². The van der Waals surface area contributed by atoms with Gasteiger partial charge >= 0.3 is 52.5 Å². The fourth-order valence-corrected chi connectivity index (χ4v) is 2.31. The van der Waals surface area contributed by atoms with E-state index >= 15 is 0 Å². The summed E-state index contributed by atoms with van der Waals surface area (Å²) in [6, 6.07) is 0. The normalized spacial score (nSPS) is 8.75. The van der Waals surface area contributed by atoms with Gasteiger partial charge in [-0.05, 0) is 0 Å². The van der Waals surface area contributed by atoms with Crippen LogP contribution in [0.1, 0.15) is 27.7 Å². The van der Waals surface area contributed by atoms with Gasteiger partial charge in [0.2, 0.25) is 0 Å². The topological polar surface area (TPSA) is 0 Å².